The molecule has 1 aliphatic rings. The number of aliphatic imine (C=N–C) groups is 1. The van der Waals surface area contributed by atoms with Crippen LogP contribution in [0.2, 0.25) is 0 Å². The lowest BCUT2D eigenvalue weighted by atomic mass is 10.2. The summed E-state index contributed by atoms with van der Waals surface area (Å²) in [5.74, 6) is -0.482. The molecule has 2 aromatic rings. The van der Waals surface area contributed by atoms with E-state index in [1.807, 2.05) is 33.0 Å². The fourth-order valence-electron chi connectivity index (χ4n) is 2.29. The van der Waals surface area contributed by atoms with Crippen LogP contribution in [0.15, 0.2) is 40.2 Å². The van der Waals surface area contributed by atoms with Crippen molar-refractivity contribution < 1.29 is 9.18 Å². The van der Waals surface area contributed by atoms with E-state index in [0.29, 0.717) is 15.8 Å². The summed E-state index contributed by atoms with van der Waals surface area (Å²) in [7, 11) is 2.00. The van der Waals surface area contributed by atoms with Gasteiger partial charge in [-0.2, -0.15) is 0 Å². The van der Waals surface area contributed by atoms with Gasteiger partial charge in [0.25, 0.3) is 5.91 Å². The molecule has 1 aliphatic heterocycles. The second-order valence-corrected chi connectivity index (χ2v) is 6.37. The Morgan fingerprint density at radius 2 is 1.96 bits per heavy atom. The summed E-state index contributed by atoms with van der Waals surface area (Å²) in [5, 5.41) is 3.23. The number of rotatable bonds is 2. The van der Waals surface area contributed by atoms with Crippen molar-refractivity contribution in [3.05, 3.63) is 58.0 Å². The van der Waals surface area contributed by atoms with E-state index in [0.717, 1.165) is 17.0 Å². The number of amidine groups is 1. The highest BCUT2D eigenvalue weighted by Gasteiger charge is 2.24. The van der Waals surface area contributed by atoms with Crippen molar-refractivity contribution >= 4 is 34.6 Å². The van der Waals surface area contributed by atoms with Crippen molar-refractivity contribution in [1.82, 2.24) is 9.88 Å². The number of nitrogens with one attached hydrogen (secondary N) is 1. The molecule has 1 fully saturated rings. The number of aryl methyl sites for hydroxylation is 1. The molecule has 4 nitrogen and oxygen atoms in total. The van der Waals surface area contributed by atoms with Gasteiger partial charge in [0.05, 0.1) is 10.6 Å². The third-order valence-electron chi connectivity index (χ3n) is 3.81. The van der Waals surface area contributed by atoms with Crippen molar-refractivity contribution in [2.75, 3.05) is 0 Å². The number of amides is 1. The second-order valence-electron chi connectivity index (χ2n) is 5.34. The van der Waals surface area contributed by atoms with Crippen LogP contribution in [0.1, 0.15) is 17.0 Å². The Balaban J connectivity index is 1.86. The largest absolute Gasteiger partial charge is 0.352 e. The van der Waals surface area contributed by atoms with Crippen LogP contribution >= 0.6 is 11.8 Å². The van der Waals surface area contributed by atoms with Crippen LogP contribution in [0.25, 0.3) is 6.08 Å². The summed E-state index contributed by atoms with van der Waals surface area (Å²) in [6.07, 6.45) is 1.87. The Morgan fingerprint density at radius 3 is 2.57 bits per heavy atom. The van der Waals surface area contributed by atoms with Gasteiger partial charge in [-0.3, -0.25) is 4.79 Å². The van der Waals surface area contributed by atoms with Gasteiger partial charge in [-0.15, -0.1) is 0 Å². The molecule has 0 bridgehead atoms. The Morgan fingerprint density at radius 1 is 1.26 bits per heavy atom. The fraction of sp³-hybridized carbons (Fsp3) is 0.176. The minimum atomic E-state index is -0.312. The van der Waals surface area contributed by atoms with Crippen LogP contribution in [-0.4, -0.2) is 15.6 Å². The first kappa shape index (κ1) is 15.6. The monoisotopic (exact) mass is 329 g/mol. The Hall–Kier alpha value is -2.34. The molecule has 6 heteroatoms. The average molecular weight is 329 g/mol. The number of hydrogen-bond donors (Lipinski definition) is 1. The zero-order chi connectivity index (χ0) is 16.6. The minimum Gasteiger partial charge on any atom is -0.352 e. The Kier molecular flexibility index (Phi) is 4.09. The summed E-state index contributed by atoms with van der Waals surface area (Å²) in [6.45, 7) is 4.04. The molecule has 0 saturated carbocycles. The van der Waals surface area contributed by atoms with Gasteiger partial charge >= 0.3 is 0 Å². The first-order chi connectivity index (χ1) is 10.9. The molecule has 1 N–H and O–H groups in total. The molecule has 1 aromatic heterocycles. The third-order valence-corrected chi connectivity index (χ3v) is 4.72. The Bertz CT molecular complexity index is 834. The van der Waals surface area contributed by atoms with Crippen LogP contribution in [0.3, 0.4) is 0 Å². The van der Waals surface area contributed by atoms with Gasteiger partial charge in [-0.25, -0.2) is 9.38 Å². The molecular formula is C17H16FN3OS. The van der Waals surface area contributed by atoms with Crippen LogP contribution in [0, 0.1) is 19.7 Å². The van der Waals surface area contributed by atoms with Crippen LogP contribution in [0.4, 0.5) is 10.1 Å². The lowest BCUT2D eigenvalue weighted by Crippen LogP contribution is -2.19. The lowest BCUT2D eigenvalue weighted by molar-refractivity contribution is -0.115. The van der Waals surface area contributed by atoms with E-state index in [1.165, 1.54) is 23.9 Å². The van der Waals surface area contributed by atoms with E-state index in [4.69, 9.17) is 0 Å². The van der Waals surface area contributed by atoms with Gasteiger partial charge in [0.2, 0.25) is 0 Å². The summed E-state index contributed by atoms with van der Waals surface area (Å²) in [4.78, 5) is 17.0. The minimum absolute atomic E-state index is 0.170. The van der Waals surface area contributed by atoms with Gasteiger partial charge in [0.15, 0.2) is 5.17 Å². The summed E-state index contributed by atoms with van der Waals surface area (Å²) < 4.78 is 15.0. The zero-order valence-electron chi connectivity index (χ0n) is 13.1. The lowest BCUT2D eigenvalue weighted by Gasteiger charge is -1.99. The molecule has 0 spiro atoms. The Labute approximate surface area is 138 Å². The number of halogens is 1. The maximum absolute atomic E-state index is 12.9. The normalized spacial score (nSPS) is 18.0. The first-order valence-electron chi connectivity index (χ1n) is 7.12. The highest BCUT2D eigenvalue weighted by Crippen LogP contribution is 2.29. The highest BCUT2D eigenvalue weighted by atomic mass is 32.2. The molecule has 23 heavy (non-hydrogen) atoms. The van der Waals surface area contributed by atoms with Crippen molar-refractivity contribution in [2.45, 2.75) is 13.8 Å². The number of carbonyl (C=O) groups is 1. The molecular weight excluding hydrogens is 313 g/mol. The summed E-state index contributed by atoms with van der Waals surface area (Å²) >= 11 is 1.28. The van der Waals surface area contributed by atoms with Gasteiger partial charge < -0.3 is 9.88 Å². The van der Waals surface area contributed by atoms with E-state index in [1.54, 1.807) is 12.1 Å². The zero-order valence-corrected chi connectivity index (χ0v) is 13.9. The number of aromatic nitrogens is 1. The van der Waals surface area contributed by atoms with Gasteiger partial charge in [0.1, 0.15) is 5.82 Å². The van der Waals surface area contributed by atoms with E-state index < -0.39 is 0 Å². The first-order valence-corrected chi connectivity index (χ1v) is 7.94. The number of thioether (sulfide) groups is 1. The standard InChI is InChI=1S/C17H16FN3OS/c1-10-8-12(11(2)21(10)3)9-15-16(22)20-17(23-15)19-14-6-4-13(18)5-7-14/h4-9H,1-3H3,(H,19,20,22)/b15-9-. The summed E-state index contributed by atoms with van der Waals surface area (Å²) in [6, 6.07) is 7.87. The predicted octanol–water partition coefficient (Wildman–Crippen LogP) is 3.67. The van der Waals surface area contributed by atoms with E-state index >= 15 is 0 Å². The van der Waals surface area contributed by atoms with Gasteiger partial charge in [-0.1, -0.05) is 0 Å². The molecule has 0 atom stereocenters. The smallest absolute Gasteiger partial charge is 0.264 e. The fourth-order valence-corrected chi connectivity index (χ4v) is 3.12. The number of nitrogens with zero attached hydrogens (tertiary/aromatic N) is 2. The van der Waals surface area contributed by atoms with E-state index in [-0.39, 0.29) is 11.7 Å². The van der Waals surface area contributed by atoms with Crippen molar-refractivity contribution in [3.63, 3.8) is 0 Å². The molecule has 0 aliphatic carbocycles. The van der Waals surface area contributed by atoms with Crippen LogP contribution < -0.4 is 5.32 Å². The van der Waals surface area contributed by atoms with Gasteiger partial charge in [0, 0.05) is 18.4 Å². The number of benzene rings is 1. The van der Waals surface area contributed by atoms with Crippen molar-refractivity contribution in [1.29, 1.82) is 0 Å². The number of hydrogen-bond acceptors (Lipinski definition) is 3. The topological polar surface area (TPSA) is 46.4 Å². The SMILES string of the molecule is Cc1cc(/C=C2\SC(=Nc3ccc(F)cc3)NC2=O)c(C)n1C. The predicted molar refractivity (Wildman–Crippen MR) is 92.1 cm³/mol. The second kappa shape index (κ2) is 6.04. The quantitative estimate of drug-likeness (QED) is 0.855. The van der Waals surface area contributed by atoms with E-state index in [2.05, 4.69) is 14.9 Å². The molecule has 118 valence electrons. The maximum atomic E-state index is 12.9. The van der Waals surface area contributed by atoms with Crippen molar-refractivity contribution in [2.24, 2.45) is 12.0 Å². The van der Waals surface area contributed by atoms with Crippen LogP contribution in [0.5, 0.6) is 0 Å². The molecule has 3 rings (SSSR count). The number of carbonyl (C=O) groups excluding carboxylic acids is 1. The summed E-state index contributed by atoms with van der Waals surface area (Å²) in [5.41, 5.74) is 3.86. The van der Waals surface area contributed by atoms with Gasteiger partial charge in [-0.05, 0) is 67.6 Å². The molecule has 1 aromatic carbocycles. The van der Waals surface area contributed by atoms with Crippen LogP contribution in [-0.2, 0) is 11.8 Å². The molecule has 1 amide bonds. The highest BCUT2D eigenvalue weighted by molar-refractivity contribution is 8.18. The van der Waals surface area contributed by atoms with Crippen molar-refractivity contribution in [3.8, 4) is 0 Å². The average Bonchev–Trinajstić information content (AvgIpc) is 2.97. The van der Waals surface area contributed by atoms with E-state index in [9.17, 15) is 9.18 Å². The molecule has 0 unspecified atom stereocenters. The third kappa shape index (κ3) is 3.22. The molecule has 0 radical (unpaired) electrons. The molecule has 2 heterocycles. The maximum Gasteiger partial charge on any atom is 0.264 e. The molecule has 1 saturated heterocycles.